The Labute approximate surface area is 258 Å². The highest BCUT2D eigenvalue weighted by Crippen LogP contribution is 2.38. The molecule has 0 amide bonds. The summed E-state index contributed by atoms with van der Waals surface area (Å²) in [4.78, 5) is 0. The van der Waals surface area contributed by atoms with Crippen molar-refractivity contribution in [1.82, 2.24) is 9.13 Å². The van der Waals surface area contributed by atoms with Crippen molar-refractivity contribution in [2.45, 2.75) is 40.5 Å². The zero-order chi connectivity index (χ0) is 29.9. The maximum atomic E-state index is 2.41. The summed E-state index contributed by atoms with van der Waals surface area (Å²) in [5, 5.41) is 5.17. The van der Waals surface area contributed by atoms with Crippen LogP contribution >= 0.6 is 0 Å². The first-order chi connectivity index (χ1) is 21.5. The average molecular weight is 569 g/mol. The Morgan fingerprint density at radius 1 is 0.386 bits per heavy atom. The lowest BCUT2D eigenvalue weighted by molar-refractivity contribution is 1.12. The van der Waals surface area contributed by atoms with E-state index >= 15 is 0 Å². The van der Waals surface area contributed by atoms with Crippen LogP contribution in [0.15, 0.2) is 121 Å². The minimum absolute atomic E-state index is 1.05. The van der Waals surface area contributed by atoms with Gasteiger partial charge in [0.25, 0.3) is 0 Å². The van der Waals surface area contributed by atoms with E-state index in [1.807, 2.05) is 0 Å². The molecule has 2 aromatic heterocycles. The highest BCUT2D eigenvalue weighted by Gasteiger charge is 2.16. The van der Waals surface area contributed by atoms with Gasteiger partial charge in [0.2, 0.25) is 0 Å². The van der Waals surface area contributed by atoms with E-state index in [0.29, 0.717) is 0 Å². The summed E-state index contributed by atoms with van der Waals surface area (Å²) < 4.78 is 4.83. The maximum absolute atomic E-state index is 2.41. The Bertz CT molecular complexity index is 2180. The van der Waals surface area contributed by atoms with Gasteiger partial charge in [0.1, 0.15) is 0 Å². The van der Waals surface area contributed by atoms with E-state index in [1.165, 1.54) is 88.4 Å². The molecule has 0 N–H and O–H groups in total. The molecule has 0 bridgehead atoms. The molecule has 0 saturated carbocycles. The van der Waals surface area contributed by atoms with Crippen molar-refractivity contribution in [2.75, 3.05) is 0 Å². The van der Waals surface area contributed by atoms with E-state index in [2.05, 4.69) is 158 Å². The Hall–Kier alpha value is -5.08. The summed E-state index contributed by atoms with van der Waals surface area (Å²) >= 11 is 0. The van der Waals surface area contributed by atoms with Crippen molar-refractivity contribution in [3.05, 3.63) is 144 Å². The molecule has 0 aliphatic carbocycles. The van der Waals surface area contributed by atoms with Gasteiger partial charge in [-0.05, 0) is 122 Å². The zero-order valence-corrected chi connectivity index (χ0v) is 25.9. The number of hydrogen-bond donors (Lipinski definition) is 0. The van der Waals surface area contributed by atoms with Gasteiger partial charge < -0.3 is 9.13 Å². The Balaban J connectivity index is 1.33. The van der Waals surface area contributed by atoms with Gasteiger partial charge in [-0.2, -0.15) is 0 Å². The summed E-state index contributed by atoms with van der Waals surface area (Å²) in [5.41, 5.74) is 15.1. The van der Waals surface area contributed by atoms with Gasteiger partial charge in [-0.15, -0.1) is 0 Å². The Morgan fingerprint density at radius 3 is 1.09 bits per heavy atom. The molecule has 2 heterocycles. The van der Waals surface area contributed by atoms with Crippen molar-refractivity contribution >= 4 is 43.6 Å². The van der Waals surface area contributed by atoms with Crippen molar-refractivity contribution in [3.63, 3.8) is 0 Å². The Kier molecular flexibility index (Phi) is 6.20. The van der Waals surface area contributed by atoms with E-state index in [-0.39, 0.29) is 0 Å². The number of fused-ring (bicyclic) bond motifs is 6. The average Bonchev–Trinajstić information content (AvgIpc) is 3.56. The first-order valence-electron chi connectivity index (χ1n) is 15.8. The smallest absolute Gasteiger partial charge is 0.0541 e. The minimum Gasteiger partial charge on any atom is -0.309 e. The molecule has 2 nitrogen and oxygen atoms in total. The summed E-state index contributed by atoms with van der Waals surface area (Å²) in [6, 6.07) is 45.7. The number of rotatable bonds is 5. The molecule has 0 spiro atoms. The molecule has 0 aliphatic rings. The third-order valence-electron chi connectivity index (χ3n) is 9.38. The fourth-order valence-corrected chi connectivity index (χ4v) is 6.95. The van der Waals surface area contributed by atoms with Crippen LogP contribution in [0, 0.1) is 13.8 Å². The predicted octanol–water partition coefficient (Wildman–Crippen LogP) is 11.3. The number of nitrogens with zero attached hydrogens (tertiary/aromatic N) is 2. The summed E-state index contributed by atoms with van der Waals surface area (Å²) in [7, 11) is 0. The fourth-order valence-electron chi connectivity index (χ4n) is 6.95. The van der Waals surface area contributed by atoms with Crippen molar-refractivity contribution < 1.29 is 0 Å². The zero-order valence-electron chi connectivity index (χ0n) is 25.9. The summed E-state index contributed by atoms with van der Waals surface area (Å²) in [6.07, 6.45) is 2.09. The normalized spacial score (nSPS) is 11.8. The van der Waals surface area contributed by atoms with E-state index in [0.717, 1.165) is 12.8 Å². The molecular weight excluding hydrogens is 532 g/mol. The molecule has 0 fully saturated rings. The number of aromatic nitrogens is 2. The van der Waals surface area contributed by atoms with Crippen LogP contribution in [0.4, 0.5) is 0 Å². The van der Waals surface area contributed by atoms with E-state index in [1.54, 1.807) is 0 Å². The number of benzene rings is 6. The molecule has 8 rings (SSSR count). The Morgan fingerprint density at radius 2 is 0.727 bits per heavy atom. The second-order valence-electron chi connectivity index (χ2n) is 12.2. The van der Waals surface area contributed by atoms with E-state index < -0.39 is 0 Å². The number of hydrogen-bond acceptors (Lipinski definition) is 0. The molecule has 0 unspecified atom stereocenters. The van der Waals surface area contributed by atoms with Crippen LogP contribution in [0.1, 0.15) is 36.1 Å². The van der Waals surface area contributed by atoms with Gasteiger partial charge in [-0.3, -0.25) is 0 Å². The van der Waals surface area contributed by atoms with Gasteiger partial charge in [0.05, 0.1) is 22.1 Å². The molecule has 0 atom stereocenters. The number of aryl methyl sites for hydroxylation is 4. The molecule has 0 aliphatic heterocycles. The van der Waals surface area contributed by atoms with Crippen molar-refractivity contribution in [3.8, 4) is 22.5 Å². The van der Waals surface area contributed by atoms with E-state index in [4.69, 9.17) is 0 Å². The highest BCUT2D eigenvalue weighted by atomic mass is 15.0. The third-order valence-corrected chi connectivity index (χ3v) is 9.38. The molecule has 2 heteroatoms. The molecular formula is C42H36N2. The van der Waals surface area contributed by atoms with Gasteiger partial charge in [0.15, 0.2) is 0 Å². The van der Waals surface area contributed by atoms with Gasteiger partial charge in [0, 0.05) is 32.9 Å². The van der Waals surface area contributed by atoms with Crippen LogP contribution in [0.3, 0.4) is 0 Å². The largest absolute Gasteiger partial charge is 0.309 e. The second kappa shape index (κ2) is 10.3. The van der Waals surface area contributed by atoms with Crippen molar-refractivity contribution in [2.24, 2.45) is 0 Å². The topological polar surface area (TPSA) is 9.86 Å². The lowest BCUT2D eigenvalue weighted by atomic mass is 10.00. The molecule has 8 aromatic rings. The molecule has 44 heavy (non-hydrogen) atoms. The van der Waals surface area contributed by atoms with Gasteiger partial charge in [-0.1, -0.05) is 73.5 Å². The first-order valence-corrected chi connectivity index (χ1v) is 15.8. The lowest BCUT2D eigenvalue weighted by Gasteiger charge is -2.10. The van der Waals surface area contributed by atoms with Crippen LogP contribution in [0.25, 0.3) is 66.1 Å². The molecule has 0 saturated heterocycles. The quantitative estimate of drug-likeness (QED) is 0.195. The van der Waals surface area contributed by atoms with E-state index in [9.17, 15) is 0 Å². The van der Waals surface area contributed by atoms with Crippen LogP contribution in [0.5, 0.6) is 0 Å². The maximum Gasteiger partial charge on any atom is 0.0541 e. The van der Waals surface area contributed by atoms with Crippen LogP contribution in [0.2, 0.25) is 0 Å². The molecule has 6 aromatic carbocycles. The SMILES string of the molecule is CCc1ccc(-n2c3ccc(C)cc3c3cc(-c4ccc5c(c4)c4cc(C)ccc4n5-c4ccc(CC)cc4)ccc32)cc1. The molecule has 214 valence electrons. The van der Waals surface area contributed by atoms with Gasteiger partial charge in [-0.25, -0.2) is 0 Å². The second-order valence-corrected chi connectivity index (χ2v) is 12.2. The van der Waals surface area contributed by atoms with Crippen LogP contribution in [-0.2, 0) is 12.8 Å². The standard InChI is InChI=1S/C42H36N2/c1-5-29-9-15-33(16-10-29)43-39-19-7-27(3)23-35(39)37-25-31(13-21-41(37)43)32-14-22-42-38(26-32)36-24-28(4)8-20-40(36)44(42)34-17-11-30(6-2)12-18-34/h7-26H,5-6H2,1-4H3. The molecule has 0 radical (unpaired) electrons. The van der Waals surface area contributed by atoms with Crippen LogP contribution < -0.4 is 0 Å². The van der Waals surface area contributed by atoms with Crippen LogP contribution in [-0.4, -0.2) is 9.13 Å². The highest BCUT2D eigenvalue weighted by molar-refractivity contribution is 6.13. The monoisotopic (exact) mass is 568 g/mol. The minimum atomic E-state index is 1.05. The third kappa shape index (κ3) is 4.17. The lowest BCUT2D eigenvalue weighted by Crippen LogP contribution is -1.94. The predicted molar refractivity (Wildman–Crippen MR) is 189 cm³/mol. The fraction of sp³-hybridized carbons (Fsp3) is 0.143. The van der Waals surface area contributed by atoms with Gasteiger partial charge >= 0.3 is 0 Å². The van der Waals surface area contributed by atoms with Crippen molar-refractivity contribution in [1.29, 1.82) is 0 Å². The summed E-state index contributed by atoms with van der Waals surface area (Å²) in [6.45, 7) is 8.79. The summed E-state index contributed by atoms with van der Waals surface area (Å²) in [5.74, 6) is 0. The first kappa shape index (κ1) is 26.5.